The minimum atomic E-state index is 0.143. The molecule has 0 bridgehead atoms. The summed E-state index contributed by atoms with van der Waals surface area (Å²) in [6.45, 7) is 2.02. The lowest BCUT2D eigenvalue weighted by molar-refractivity contribution is -0.0445. The van der Waals surface area contributed by atoms with E-state index >= 15 is 0 Å². The van der Waals surface area contributed by atoms with Crippen LogP contribution in [0.3, 0.4) is 0 Å². The van der Waals surface area contributed by atoms with Crippen LogP contribution in [0.1, 0.15) is 35.2 Å². The number of amides is 1. The van der Waals surface area contributed by atoms with Gasteiger partial charge in [0, 0.05) is 12.1 Å². The molecule has 2 aliphatic rings. The van der Waals surface area contributed by atoms with E-state index in [1.54, 1.807) is 0 Å². The largest absolute Gasteiger partial charge is 0.374 e. The first-order valence-electron chi connectivity index (χ1n) is 7.51. The molecule has 1 aliphatic heterocycles. The van der Waals surface area contributed by atoms with Crippen molar-refractivity contribution >= 4 is 5.91 Å². The van der Waals surface area contributed by atoms with Gasteiger partial charge in [0.25, 0.3) is 5.91 Å². The Kier molecular flexibility index (Phi) is 4.03. The van der Waals surface area contributed by atoms with Gasteiger partial charge in [-0.2, -0.15) is 0 Å². The number of nitrogens with zero attached hydrogens (tertiary/aromatic N) is 1. The van der Waals surface area contributed by atoms with Crippen LogP contribution in [0.4, 0.5) is 0 Å². The predicted octanol–water partition coefficient (Wildman–Crippen LogP) is 1.58. The molecule has 3 rings (SSSR count). The van der Waals surface area contributed by atoms with E-state index in [0.29, 0.717) is 19.7 Å². The fourth-order valence-electron chi connectivity index (χ4n) is 3.32. The molecule has 2 fully saturated rings. The molecule has 0 aromatic heterocycles. The van der Waals surface area contributed by atoms with Crippen molar-refractivity contribution in [2.24, 2.45) is 5.73 Å². The zero-order valence-corrected chi connectivity index (χ0v) is 11.8. The molecule has 1 saturated carbocycles. The molecule has 1 aromatic carbocycles. The van der Waals surface area contributed by atoms with Gasteiger partial charge in [0.05, 0.1) is 18.8 Å². The molecule has 2 atom stereocenters. The SMILES string of the molecule is NCCc1ccc(C(=O)N2CCOC3CCCC32)cc1. The van der Waals surface area contributed by atoms with Crippen LogP contribution < -0.4 is 5.73 Å². The third-order valence-corrected chi connectivity index (χ3v) is 4.38. The number of fused-ring (bicyclic) bond motifs is 1. The Morgan fingerprint density at radius 1 is 1.30 bits per heavy atom. The van der Waals surface area contributed by atoms with Gasteiger partial charge in [0.15, 0.2) is 0 Å². The number of nitrogens with two attached hydrogens (primary N) is 1. The first-order valence-corrected chi connectivity index (χ1v) is 7.51. The summed E-state index contributed by atoms with van der Waals surface area (Å²) in [4.78, 5) is 14.7. The smallest absolute Gasteiger partial charge is 0.254 e. The van der Waals surface area contributed by atoms with Crippen LogP contribution in [-0.4, -0.2) is 42.6 Å². The summed E-state index contributed by atoms with van der Waals surface area (Å²) in [6.07, 6.45) is 4.43. The Hall–Kier alpha value is -1.39. The second-order valence-corrected chi connectivity index (χ2v) is 5.64. The van der Waals surface area contributed by atoms with Crippen molar-refractivity contribution in [3.63, 3.8) is 0 Å². The number of ether oxygens (including phenoxy) is 1. The van der Waals surface area contributed by atoms with Crippen LogP contribution in [0.5, 0.6) is 0 Å². The van der Waals surface area contributed by atoms with Crippen LogP contribution in [0.15, 0.2) is 24.3 Å². The fraction of sp³-hybridized carbons (Fsp3) is 0.562. The minimum absolute atomic E-state index is 0.143. The maximum atomic E-state index is 12.7. The molecule has 2 unspecified atom stereocenters. The summed E-state index contributed by atoms with van der Waals surface area (Å²) in [5.74, 6) is 0.143. The van der Waals surface area contributed by atoms with Gasteiger partial charge in [-0.1, -0.05) is 12.1 Å². The van der Waals surface area contributed by atoms with Crippen LogP contribution in [0.2, 0.25) is 0 Å². The van der Waals surface area contributed by atoms with Crippen molar-refractivity contribution in [3.05, 3.63) is 35.4 Å². The summed E-state index contributed by atoms with van der Waals surface area (Å²) in [6, 6.07) is 8.14. The standard InChI is InChI=1S/C16H22N2O2/c17-9-8-12-4-6-13(7-5-12)16(19)18-10-11-20-15-3-1-2-14(15)18/h4-7,14-15H,1-3,8-11,17H2. The van der Waals surface area contributed by atoms with Gasteiger partial charge < -0.3 is 15.4 Å². The molecular formula is C16H22N2O2. The molecule has 20 heavy (non-hydrogen) atoms. The summed E-state index contributed by atoms with van der Waals surface area (Å²) in [5, 5.41) is 0. The summed E-state index contributed by atoms with van der Waals surface area (Å²) < 4.78 is 5.76. The maximum Gasteiger partial charge on any atom is 0.254 e. The minimum Gasteiger partial charge on any atom is -0.374 e. The van der Waals surface area contributed by atoms with Gasteiger partial charge in [0.1, 0.15) is 0 Å². The number of hydrogen-bond donors (Lipinski definition) is 1. The third kappa shape index (κ3) is 2.58. The maximum absolute atomic E-state index is 12.7. The Bertz CT molecular complexity index is 472. The first-order chi connectivity index (χ1) is 9.79. The van der Waals surface area contributed by atoms with Gasteiger partial charge in [-0.3, -0.25) is 4.79 Å². The third-order valence-electron chi connectivity index (χ3n) is 4.38. The number of carbonyl (C=O) groups is 1. The lowest BCUT2D eigenvalue weighted by atomic mass is 10.1. The van der Waals surface area contributed by atoms with Gasteiger partial charge >= 0.3 is 0 Å². The monoisotopic (exact) mass is 274 g/mol. The lowest BCUT2D eigenvalue weighted by Gasteiger charge is -2.37. The highest BCUT2D eigenvalue weighted by molar-refractivity contribution is 5.94. The van der Waals surface area contributed by atoms with Gasteiger partial charge in [-0.15, -0.1) is 0 Å². The highest BCUT2D eigenvalue weighted by atomic mass is 16.5. The van der Waals surface area contributed by atoms with Crippen molar-refractivity contribution in [3.8, 4) is 0 Å². The number of hydrogen-bond acceptors (Lipinski definition) is 3. The number of morpholine rings is 1. The molecule has 108 valence electrons. The molecule has 1 amide bonds. The average Bonchev–Trinajstić information content (AvgIpc) is 2.96. The van der Waals surface area contributed by atoms with Crippen molar-refractivity contribution in [1.82, 2.24) is 4.90 Å². The average molecular weight is 274 g/mol. The van der Waals surface area contributed by atoms with E-state index < -0.39 is 0 Å². The normalized spacial score (nSPS) is 25.6. The number of carbonyl (C=O) groups excluding carboxylic acids is 1. The van der Waals surface area contributed by atoms with E-state index in [0.717, 1.165) is 31.2 Å². The molecule has 1 aromatic rings. The predicted molar refractivity (Wildman–Crippen MR) is 77.6 cm³/mol. The Labute approximate surface area is 119 Å². The lowest BCUT2D eigenvalue weighted by Crippen LogP contribution is -2.51. The van der Waals surface area contributed by atoms with E-state index in [2.05, 4.69) is 0 Å². The first kappa shape index (κ1) is 13.6. The van der Waals surface area contributed by atoms with Gasteiger partial charge in [0.2, 0.25) is 0 Å². The van der Waals surface area contributed by atoms with Crippen LogP contribution in [0.25, 0.3) is 0 Å². The van der Waals surface area contributed by atoms with Crippen molar-refractivity contribution in [2.45, 2.75) is 37.8 Å². The van der Waals surface area contributed by atoms with E-state index in [-0.39, 0.29) is 18.1 Å². The van der Waals surface area contributed by atoms with Crippen LogP contribution >= 0.6 is 0 Å². The zero-order chi connectivity index (χ0) is 13.9. The molecule has 2 N–H and O–H groups in total. The molecule has 0 radical (unpaired) electrons. The highest BCUT2D eigenvalue weighted by Crippen LogP contribution is 2.30. The Balaban J connectivity index is 1.74. The van der Waals surface area contributed by atoms with E-state index in [1.165, 1.54) is 5.56 Å². The molecule has 4 nitrogen and oxygen atoms in total. The molecule has 4 heteroatoms. The summed E-state index contributed by atoms with van der Waals surface area (Å²) in [7, 11) is 0. The quantitative estimate of drug-likeness (QED) is 0.910. The Morgan fingerprint density at radius 2 is 2.10 bits per heavy atom. The van der Waals surface area contributed by atoms with Gasteiger partial charge in [-0.05, 0) is 49.9 Å². The van der Waals surface area contributed by atoms with Gasteiger partial charge in [-0.25, -0.2) is 0 Å². The van der Waals surface area contributed by atoms with E-state index in [1.807, 2.05) is 29.2 Å². The second kappa shape index (κ2) is 5.94. The molecule has 1 heterocycles. The van der Waals surface area contributed by atoms with E-state index in [4.69, 9.17) is 10.5 Å². The van der Waals surface area contributed by atoms with E-state index in [9.17, 15) is 4.79 Å². The number of benzene rings is 1. The van der Waals surface area contributed by atoms with Crippen LogP contribution in [0, 0.1) is 0 Å². The molecule has 1 saturated heterocycles. The number of rotatable bonds is 3. The van der Waals surface area contributed by atoms with Crippen molar-refractivity contribution in [1.29, 1.82) is 0 Å². The second-order valence-electron chi connectivity index (χ2n) is 5.64. The highest BCUT2D eigenvalue weighted by Gasteiger charge is 2.38. The fourth-order valence-corrected chi connectivity index (χ4v) is 3.32. The Morgan fingerprint density at radius 3 is 2.85 bits per heavy atom. The summed E-state index contributed by atoms with van der Waals surface area (Å²) >= 11 is 0. The summed E-state index contributed by atoms with van der Waals surface area (Å²) in [5.41, 5.74) is 7.51. The van der Waals surface area contributed by atoms with Crippen molar-refractivity contribution < 1.29 is 9.53 Å². The molecule has 0 spiro atoms. The van der Waals surface area contributed by atoms with Crippen molar-refractivity contribution in [2.75, 3.05) is 19.7 Å². The zero-order valence-electron chi connectivity index (χ0n) is 11.8. The topological polar surface area (TPSA) is 55.6 Å². The van der Waals surface area contributed by atoms with Crippen LogP contribution in [-0.2, 0) is 11.2 Å². The molecular weight excluding hydrogens is 252 g/mol. The molecule has 1 aliphatic carbocycles.